The second kappa shape index (κ2) is 9.90. The minimum absolute atomic E-state index is 0.120. The summed E-state index contributed by atoms with van der Waals surface area (Å²) in [5.74, 6) is 2.61. The van der Waals surface area contributed by atoms with Gasteiger partial charge in [0.1, 0.15) is 0 Å². The lowest BCUT2D eigenvalue weighted by Crippen LogP contribution is -2.33. The van der Waals surface area contributed by atoms with E-state index in [4.69, 9.17) is 9.47 Å². The molecule has 3 rings (SSSR count). The van der Waals surface area contributed by atoms with Gasteiger partial charge in [0.2, 0.25) is 11.9 Å². The normalized spacial score (nSPS) is 13.7. The van der Waals surface area contributed by atoms with Crippen molar-refractivity contribution < 1.29 is 14.3 Å². The maximum atomic E-state index is 12.2. The fourth-order valence-electron chi connectivity index (χ4n) is 3.02. The molecule has 9 heteroatoms. The molecular weight excluding hydrogens is 372 g/mol. The van der Waals surface area contributed by atoms with Crippen LogP contribution >= 0.6 is 0 Å². The Hall–Kier alpha value is -3.10. The van der Waals surface area contributed by atoms with Crippen LogP contribution in [0.25, 0.3) is 0 Å². The highest BCUT2D eigenvalue weighted by Crippen LogP contribution is 2.25. The van der Waals surface area contributed by atoms with Crippen molar-refractivity contribution in [2.45, 2.75) is 25.8 Å². The van der Waals surface area contributed by atoms with Gasteiger partial charge < -0.3 is 24.6 Å². The second-order valence-electron chi connectivity index (χ2n) is 7.01. The molecule has 0 aliphatic carbocycles. The summed E-state index contributed by atoms with van der Waals surface area (Å²) in [6.45, 7) is 1.97. The number of benzene rings is 1. The molecule has 9 nitrogen and oxygen atoms in total. The number of piperidine rings is 1. The van der Waals surface area contributed by atoms with Gasteiger partial charge >= 0.3 is 0 Å². The van der Waals surface area contributed by atoms with E-state index < -0.39 is 0 Å². The summed E-state index contributed by atoms with van der Waals surface area (Å²) >= 11 is 0. The average molecular weight is 400 g/mol. The van der Waals surface area contributed by atoms with Crippen LogP contribution < -0.4 is 24.6 Å². The predicted molar refractivity (Wildman–Crippen MR) is 111 cm³/mol. The van der Waals surface area contributed by atoms with E-state index in [-0.39, 0.29) is 19.1 Å². The number of para-hydroxylation sites is 2. The molecule has 1 saturated heterocycles. The maximum absolute atomic E-state index is 12.2. The van der Waals surface area contributed by atoms with E-state index in [1.165, 1.54) is 6.42 Å². The molecule has 1 aromatic carbocycles. The molecule has 2 aromatic rings. The minimum atomic E-state index is -0.262. The Bertz CT molecular complexity index is 824. The van der Waals surface area contributed by atoms with E-state index in [0.717, 1.165) is 25.9 Å². The summed E-state index contributed by atoms with van der Waals surface area (Å²) < 4.78 is 10.8. The number of anilines is 2. The number of carbonyl (C=O) groups excluding carboxylic acids is 1. The van der Waals surface area contributed by atoms with Crippen molar-refractivity contribution in [1.29, 1.82) is 0 Å². The molecule has 2 heterocycles. The number of hydrogen-bond donors (Lipinski definition) is 1. The van der Waals surface area contributed by atoms with E-state index in [0.29, 0.717) is 29.2 Å². The van der Waals surface area contributed by atoms with Gasteiger partial charge in [-0.3, -0.25) is 4.79 Å². The number of nitrogens with zero attached hydrogens (tertiary/aromatic N) is 5. The van der Waals surface area contributed by atoms with Crippen LogP contribution in [0.5, 0.6) is 11.5 Å². The largest absolute Gasteiger partial charge is 0.493 e. The highest BCUT2D eigenvalue weighted by Gasteiger charge is 2.17. The van der Waals surface area contributed by atoms with E-state index in [1.54, 1.807) is 19.2 Å². The Morgan fingerprint density at radius 3 is 2.52 bits per heavy atom. The van der Waals surface area contributed by atoms with Crippen molar-refractivity contribution in [2.75, 3.05) is 50.7 Å². The molecular formula is C20H28N6O3. The molecule has 1 fully saturated rings. The topological polar surface area (TPSA) is 92.7 Å². The molecule has 0 bridgehead atoms. The molecule has 0 atom stereocenters. The number of hydrogen-bond acceptors (Lipinski definition) is 8. The van der Waals surface area contributed by atoms with Crippen LogP contribution in [0.15, 0.2) is 24.3 Å². The number of amides is 1. The first-order valence-corrected chi connectivity index (χ1v) is 9.76. The SMILES string of the molecule is COc1ccccc1OCC(=O)NCc1nc(N(C)C)nc(N2CCCCC2)n1. The molecule has 29 heavy (non-hydrogen) atoms. The Balaban J connectivity index is 1.61. The summed E-state index contributed by atoms with van der Waals surface area (Å²) in [4.78, 5) is 29.8. The summed E-state index contributed by atoms with van der Waals surface area (Å²) in [5, 5.41) is 2.81. The standard InChI is InChI=1S/C20H28N6O3/c1-25(2)19-22-17(23-20(24-19)26-11-7-4-8-12-26)13-21-18(27)14-29-16-10-6-5-9-15(16)28-3/h5-6,9-10H,4,7-8,11-14H2,1-3H3,(H,21,27). The Morgan fingerprint density at radius 2 is 1.83 bits per heavy atom. The number of rotatable bonds is 8. The Labute approximate surface area is 171 Å². The van der Waals surface area contributed by atoms with Crippen LogP contribution in [0.1, 0.15) is 25.1 Å². The van der Waals surface area contributed by atoms with Crippen LogP contribution in [0.4, 0.5) is 11.9 Å². The fourth-order valence-corrected chi connectivity index (χ4v) is 3.02. The van der Waals surface area contributed by atoms with Crippen molar-refractivity contribution in [3.05, 3.63) is 30.1 Å². The van der Waals surface area contributed by atoms with Crippen LogP contribution in [-0.4, -0.2) is 61.8 Å². The monoisotopic (exact) mass is 400 g/mol. The van der Waals surface area contributed by atoms with Gasteiger partial charge in [0.05, 0.1) is 13.7 Å². The first-order valence-electron chi connectivity index (χ1n) is 9.76. The lowest BCUT2D eigenvalue weighted by molar-refractivity contribution is -0.123. The summed E-state index contributed by atoms with van der Waals surface area (Å²) in [6.07, 6.45) is 3.50. The third-order valence-corrected chi connectivity index (χ3v) is 4.57. The molecule has 1 aliphatic heterocycles. The molecule has 0 spiro atoms. The van der Waals surface area contributed by atoms with Gasteiger partial charge in [-0.05, 0) is 31.4 Å². The zero-order valence-electron chi connectivity index (χ0n) is 17.2. The lowest BCUT2D eigenvalue weighted by atomic mass is 10.1. The lowest BCUT2D eigenvalue weighted by Gasteiger charge is -2.27. The number of aromatic nitrogens is 3. The van der Waals surface area contributed by atoms with Crippen LogP contribution in [0.3, 0.4) is 0 Å². The van der Waals surface area contributed by atoms with Crippen molar-refractivity contribution in [1.82, 2.24) is 20.3 Å². The Kier molecular flexibility index (Phi) is 7.04. The van der Waals surface area contributed by atoms with E-state index in [2.05, 4.69) is 25.2 Å². The zero-order valence-corrected chi connectivity index (χ0v) is 17.2. The maximum Gasteiger partial charge on any atom is 0.258 e. The fraction of sp³-hybridized carbons (Fsp3) is 0.500. The molecule has 0 saturated carbocycles. The number of carbonyl (C=O) groups is 1. The van der Waals surface area contributed by atoms with Crippen molar-refractivity contribution in [3.8, 4) is 11.5 Å². The molecule has 1 amide bonds. The van der Waals surface area contributed by atoms with Gasteiger partial charge in [-0.15, -0.1) is 0 Å². The first kappa shape index (κ1) is 20.6. The minimum Gasteiger partial charge on any atom is -0.493 e. The van der Waals surface area contributed by atoms with Crippen molar-refractivity contribution >= 4 is 17.8 Å². The van der Waals surface area contributed by atoms with E-state index in [1.807, 2.05) is 31.1 Å². The predicted octanol–water partition coefficient (Wildman–Crippen LogP) is 1.63. The quantitative estimate of drug-likeness (QED) is 0.715. The molecule has 1 N–H and O–H groups in total. The van der Waals surface area contributed by atoms with Gasteiger partial charge in [0.25, 0.3) is 5.91 Å². The Morgan fingerprint density at radius 1 is 1.10 bits per heavy atom. The number of nitrogens with one attached hydrogen (secondary N) is 1. The summed E-state index contributed by atoms with van der Waals surface area (Å²) in [5.41, 5.74) is 0. The smallest absolute Gasteiger partial charge is 0.258 e. The van der Waals surface area contributed by atoms with Crippen LogP contribution in [-0.2, 0) is 11.3 Å². The molecule has 1 aliphatic rings. The third kappa shape index (κ3) is 5.69. The second-order valence-corrected chi connectivity index (χ2v) is 7.01. The first-order chi connectivity index (χ1) is 14.1. The molecule has 1 aromatic heterocycles. The number of ether oxygens (including phenoxy) is 2. The highest BCUT2D eigenvalue weighted by atomic mass is 16.5. The van der Waals surface area contributed by atoms with Crippen LogP contribution in [0, 0.1) is 0 Å². The number of methoxy groups -OCH3 is 1. The van der Waals surface area contributed by atoms with Gasteiger partial charge in [0.15, 0.2) is 23.9 Å². The van der Waals surface area contributed by atoms with Crippen LogP contribution in [0.2, 0.25) is 0 Å². The van der Waals surface area contributed by atoms with E-state index >= 15 is 0 Å². The van der Waals surface area contributed by atoms with Gasteiger partial charge in [-0.2, -0.15) is 15.0 Å². The van der Waals surface area contributed by atoms with Gasteiger partial charge in [-0.1, -0.05) is 12.1 Å². The molecule has 0 radical (unpaired) electrons. The van der Waals surface area contributed by atoms with E-state index in [9.17, 15) is 4.79 Å². The van der Waals surface area contributed by atoms with Crippen molar-refractivity contribution in [2.24, 2.45) is 0 Å². The zero-order chi connectivity index (χ0) is 20.6. The molecule has 156 valence electrons. The average Bonchev–Trinajstić information content (AvgIpc) is 2.76. The van der Waals surface area contributed by atoms with Gasteiger partial charge in [-0.25, -0.2) is 0 Å². The molecule has 0 unspecified atom stereocenters. The summed E-state index contributed by atoms with van der Waals surface area (Å²) in [6, 6.07) is 7.20. The van der Waals surface area contributed by atoms with Gasteiger partial charge in [0, 0.05) is 27.2 Å². The van der Waals surface area contributed by atoms with Crippen molar-refractivity contribution in [3.63, 3.8) is 0 Å². The summed E-state index contributed by atoms with van der Waals surface area (Å²) in [7, 11) is 5.34. The highest BCUT2D eigenvalue weighted by molar-refractivity contribution is 5.77. The third-order valence-electron chi connectivity index (χ3n) is 4.57.